The van der Waals surface area contributed by atoms with Crippen molar-refractivity contribution >= 4 is 15.9 Å². The maximum atomic E-state index is 13.6. The van der Waals surface area contributed by atoms with Gasteiger partial charge in [0.05, 0.1) is 4.47 Å². The standard InChI is InChI=1S/C15H13BrF2N2/c16-12-9(5-6-11(17)13(12)18)14(19)10-4-3-8-2-1-7-20-15(8)10/h1-2,5-7,10,14H,3-4,19H2. The van der Waals surface area contributed by atoms with E-state index in [2.05, 4.69) is 20.9 Å². The number of nitrogens with two attached hydrogens (primary N) is 1. The molecule has 2 atom stereocenters. The largest absolute Gasteiger partial charge is 0.323 e. The molecule has 0 bridgehead atoms. The van der Waals surface area contributed by atoms with Crippen LogP contribution in [0.3, 0.4) is 0 Å². The van der Waals surface area contributed by atoms with Crippen LogP contribution in [0.1, 0.15) is 35.2 Å². The topological polar surface area (TPSA) is 38.9 Å². The molecule has 1 heterocycles. The molecule has 2 nitrogen and oxygen atoms in total. The molecule has 0 saturated carbocycles. The van der Waals surface area contributed by atoms with Crippen molar-refractivity contribution in [2.75, 3.05) is 0 Å². The quantitative estimate of drug-likeness (QED) is 0.844. The SMILES string of the molecule is NC(c1ccc(F)c(F)c1Br)C1CCc2cccnc21. The highest BCUT2D eigenvalue weighted by atomic mass is 79.9. The zero-order valence-electron chi connectivity index (χ0n) is 10.6. The molecular formula is C15H13BrF2N2. The fourth-order valence-electron chi connectivity index (χ4n) is 2.81. The van der Waals surface area contributed by atoms with E-state index in [1.807, 2.05) is 12.1 Å². The minimum Gasteiger partial charge on any atom is -0.323 e. The zero-order valence-corrected chi connectivity index (χ0v) is 12.2. The van der Waals surface area contributed by atoms with Gasteiger partial charge in [-0.1, -0.05) is 12.1 Å². The Morgan fingerprint density at radius 3 is 2.90 bits per heavy atom. The molecule has 0 aliphatic heterocycles. The Bertz CT molecular complexity index is 660. The van der Waals surface area contributed by atoms with E-state index >= 15 is 0 Å². The van der Waals surface area contributed by atoms with Gasteiger partial charge in [-0.3, -0.25) is 4.98 Å². The second-order valence-electron chi connectivity index (χ2n) is 4.98. The molecule has 1 aromatic carbocycles. The summed E-state index contributed by atoms with van der Waals surface area (Å²) in [5.74, 6) is -1.73. The Balaban J connectivity index is 1.99. The fraction of sp³-hybridized carbons (Fsp3) is 0.267. The highest BCUT2D eigenvalue weighted by Gasteiger charge is 2.31. The molecular weight excluding hydrogens is 326 g/mol. The number of nitrogens with zero attached hydrogens (tertiary/aromatic N) is 1. The van der Waals surface area contributed by atoms with E-state index in [1.54, 1.807) is 6.20 Å². The zero-order chi connectivity index (χ0) is 14.3. The van der Waals surface area contributed by atoms with Crippen molar-refractivity contribution in [1.82, 2.24) is 4.98 Å². The van der Waals surface area contributed by atoms with Gasteiger partial charge < -0.3 is 5.73 Å². The molecule has 0 radical (unpaired) electrons. The first-order valence-electron chi connectivity index (χ1n) is 6.42. The lowest BCUT2D eigenvalue weighted by Crippen LogP contribution is -2.20. The molecule has 104 valence electrons. The highest BCUT2D eigenvalue weighted by Crippen LogP contribution is 2.41. The van der Waals surface area contributed by atoms with Crippen molar-refractivity contribution in [2.24, 2.45) is 5.73 Å². The van der Waals surface area contributed by atoms with Crippen LogP contribution in [-0.2, 0) is 6.42 Å². The molecule has 0 spiro atoms. The number of pyridine rings is 1. The lowest BCUT2D eigenvalue weighted by atomic mass is 9.91. The van der Waals surface area contributed by atoms with Crippen molar-refractivity contribution in [2.45, 2.75) is 24.8 Å². The molecule has 0 fully saturated rings. The van der Waals surface area contributed by atoms with Gasteiger partial charge in [0, 0.05) is 23.9 Å². The molecule has 3 rings (SSSR count). The Labute approximate surface area is 124 Å². The van der Waals surface area contributed by atoms with Crippen LogP contribution in [0.2, 0.25) is 0 Å². The van der Waals surface area contributed by atoms with Gasteiger partial charge in [0.1, 0.15) is 0 Å². The van der Waals surface area contributed by atoms with Gasteiger partial charge in [-0.25, -0.2) is 8.78 Å². The molecule has 2 unspecified atom stereocenters. The molecule has 0 amide bonds. The van der Waals surface area contributed by atoms with Gasteiger partial charge in [0.25, 0.3) is 0 Å². The van der Waals surface area contributed by atoms with Gasteiger partial charge >= 0.3 is 0 Å². The van der Waals surface area contributed by atoms with Gasteiger partial charge in [0.2, 0.25) is 0 Å². The molecule has 0 saturated heterocycles. The number of hydrogen-bond donors (Lipinski definition) is 1. The smallest absolute Gasteiger partial charge is 0.173 e. The second-order valence-corrected chi connectivity index (χ2v) is 5.78. The maximum Gasteiger partial charge on any atom is 0.173 e. The monoisotopic (exact) mass is 338 g/mol. The summed E-state index contributed by atoms with van der Waals surface area (Å²) in [6.45, 7) is 0. The van der Waals surface area contributed by atoms with E-state index < -0.39 is 17.7 Å². The first-order chi connectivity index (χ1) is 9.59. The van der Waals surface area contributed by atoms with E-state index in [0.717, 1.165) is 24.6 Å². The number of rotatable bonds is 2. The molecule has 1 aromatic heterocycles. The third kappa shape index (κ3) is 2.15. The number of hydrogen-bond acceptors (Lipinski definition) is 2. The van der Waals surface area contributed by atoms with Crippen molar-refractivity contribution in [3.8, 4) is 0 Å². The van der Waals surface area contributed by atoms with Crippen LogP contribution >= 0.6 is 15.9 Å². The van der Waals surface area contributed by atoms with Gasteiger partial charge in [-0.15, -0.1) is 0 Å². The average Bonchev–Trinajstić information content (AvgIpc) is 2.88. The number of aromatic nitrogens is 1. The Kier molecular flexibility index (Phi) is 3.56. The maximum absolute atomic E-state index is 13.6. The number of fused-ring (bicyclic) bond motifs is 1. The minimum absolute atomic E-state index is 0.0346. The summed E-state index contributed by atoms with van der Waals surface area (Å²) in [4.78, 5) is 4.39. The van der Waals surface area contributed by atoms with Crippen molar-refractivity contribution in [1.29, 1.82) is 0 Å². The van der Waals surface area contributed by atoms with Gasteiger partial charge in [0.15, 0.2) is 11.6 Å². The summed E-state index contributed by atoms with van der Waals surface area (Å²) in [5.41, 5.74) is 9.01. The van der Waals surface area contributed by atoms with Crippen molar-refractivity contribution < 1.29 is 8.78 Å². The van der Waals surface area contributed by atoms with E-state index in [-0.39, 0.29) is 10.4 Å². The predicted molar refractivity (Wildman–Crippen MR) is 76.3 cm³/mol. The lowest BCUT2D eigenvalue weighted by molar-refractivity contribution is 0.491. The van der Waals surface area contributed by atoms with E-state index in [4.69, 9.17) is 5.73 Å². The van der Waals surface area contributed by atoms with E-state index in [1.165, 1.54) is 11.6 Å². The molecule has 20 heavy (non-hydrogen) atoms. The molecule has 1 aliphatic rings. The van der Waals surface area contributed by atoms with Crippen LogP contribution in [0, 0.1) is 11.6 Å². The Morgan fingerprint density at radius 1 is 1.30 bits per heavy atom. The van der Waals surface area contributed by atoms with Crippen molar-refractivity contribution in [3.63, 3.8) is 0 Å². The van der Waals surface area contributed by atoms with Crippen LogP contribution in [-0.4, -0.2) is 4.98 Å². The summed E-state index contributed by atoms with van der Waals surface area (Å²) >= 11 is 3.10. The fourth-order valence-corrected chi connectivity index (χ4v) is 3.39. The van der Waals surface area contributed by atoms with E-state index in [0.29, 0.717) is 5.56 Å². The highest BCUT2D eigenvalue weighted by molar-refractivity contribution is 9.10. The minimum atomic E-state index is -0.891. The lowest BCUT2D eigenvalue weighted by Gasteiger charge is -2.21. The third-order valence-corrected chi connectivity index (χ3v) is 4.67. The first kappa shape index (κ1) is 13.6. The third-order valence-electron chi connectivity index (χ3n) is 3.86. The van der Waals surface area contributed by atoms with Crippen LogP contribution < -0.4 is 5.73 Å². The van der Waals surface area contributed by atoms with Crippen molar-refractivity contribution in [3.05, 3.63) is 63.4 Å². The summed E-state index contributed by atoms with van der Waals surface area (Å²) in [7, 11) is 0. The summed E-state index contributed by atoms with van der Waals surface area (Å²) in [6.07, 6.45) is 3.53. The molecule has 2 N–H and O–H groups in total. The normalized spacial score (nSPS) is 18.9. The Hall–Kier alpha value is -1.33. The van der Waals surface area contributed by atoms with Crippen LogP contribution in [0.4, 0.5) is 8.78 Å². The predicted octanol–water partition coefficient (Wildman–Crippen LogP) is 3.85. The van der Waals surface area contributed by atoms with Gasteiger partial charge in [-0.2, -0.15) is 0 Å². The van der Waals surface area contributed by atoms with Crippen LogP contribution in [0.15, 0.2) is 34.9 Å². The van der Waals surface area contributed by atoms with Crippen LogP contribution in [0.25, 0.3) is 0 Å². The molecule has 5 heteroatoms. The van der Waals surface area contributed by atoms with E-state index in [9.17, 15) is 8.78 Å². The Morgan fingerprint density at radius 2 is 2.10 bits per heavy atom. The summed E-state index contributed by atoms with van der Waals surface area (Å²) < 4.78 is 26.9. The second kappa shape index (κ2) is 5.22. The first-order valence-corrected chi connectivity index (χ1v) is 7.21. The summed E-state index contributed by atoms with van der Waals surface area (Å²) in [6, 6.07) is 6.18. The molecule has 2 aromatic rings. The summed E-state index contributed by atoms with van der Waals surface area (Å²) in [5, 5.41) is 0. The molecule has 1 aliphatic carbocycles. The number of aryl methyl sites for hydroxylation is 1. The number of halogens is 3. The average molecular weight is 339 g/mol. The van der Waals surface area contributed by atoms with Gasteiger partial charge in [-0.05, 0) is 52.0 Å². The number of benzene rings is 1. The van der Waals surface area contributed by atoms with Crippen LogP contribution in [0.5, 0.6) is 0 Å².